The molecule has 1 aromatic heterocycles. The van der Waals surface area contributed by atoms with Gasteiger partial charge in [-0.05, 0) is 54.3 Å². The summed E-state index contributed by atoms with van der Waals surface area (Å²) in [7, 11) is 0. The Balaban J connectivity index is 2.09. The molecule has 2 aromatic rings. The van der Waals surface area contributed by atoms with Crippen LogP contribution in [0, 0.1) is 5.82 Å². The molecule has 2 rings (SSSR count). The van der Waals surface area contributed by atoms with E-state index in [1.54, 1.807) is 18.5 Å². The molecule has 100 valence electrons. The van der Waals surface area contributed by atoms with E-state index in [0.29, 0.717) is 6.42 Å². The Hall–Kier alpha value is -1.30. The number of nitrogens with two attached hydrogens (primary N) is 1. The van der Waals surface area contributed by atoms with E-state index in [9.17, 15) is 4.39 Å². The van der Waals surface area contributed by atoms with Crippen LogP contribution in [0.1, 0.15) is 11.1 Å². The third-order valence-electron chi connectivity index (χ3n) is 2.94. The lowest BCUT2D eigenvalue weighted by Gasteiger charge is -2.17. The van der Waals surface area contributed by atoms with Crippen LogP contribution in [0.15, 0.2) is 47.2 Å². The van der Waals surface area contributed by atoms with Crippen LogP contribution in [0.4, 0.5) is 4.39 Å². The Morgan fingerprint density at radius 1 is 1.21 bits per heavy atom. The van der Waals surface area contributed by atoms with Crippen LogP contribution in [-0.2, 0) is 12.8 Å². The smallest absolute Gasteiger partial charge is 0.123 e. The quantitative estimate of drug-likeness (QED) is 0.657. The van der Waals surface area contributed by atoms with Gasteiger partial charge in [0.25, 0.3) is 0 Å². The first-order valence-electron chi connectivity index (χ1n) is 5.98. The summed E-state index contributed by atoms with van der Waals surface area (Å²) < 4.78 is 14.1. The van der Waals surface area contributed by atoms with Gasteiger partial charge in [0.15, 0.2) is 0 Å². The summed E-state index contributed by atoms with van der Waals surface area (Å²) in [5, 5.41) is 0. The molecule has 0 aliphatic carbocycles. The molecule has 0 bridgehead atoms. The van der Waals surface area contributed by atoms with Gasteiger partial charge in [-0.2, -0.15) is 0 Å². The maximum atomic E-state index is 13.2. The van der Waals surface area contributed by atoms with E-state index in [4.69, 9.17) is 5.84 Å². The fourth-order valence-electron chi connectivity index (χ4n) is 1.96. The van der Waals surface area contributed by atoms with Gasteiger partial charge in [-0.25, -0.2) is 4.39 Å². The van der Waals surface area contributed by atoms with Crippen molar-refractivity contribution in [2.75, 3.05) is 0 Å². The van der Waals surface area contributed by atoms with Gasteiger partial charge >= 0.3 is 0 Å². The highest BCUT2D eigenvalue weighted by atomic mass is 79.9. The summed E-state index contributed by atoms with van der Waals surface area (Å²) in [5.74, 6) is 5.34. The van der Waals surface area contributed by atoms with E-state index < -0.39 is 0 Å². The minimum Gasteiger partial charge on any atom is -0.271 e. The van der Waals surface area contributed by atoms with Crippen molar-refractivity contribution >= 4 is 15.9 Å². The molecule has 0 radical (unpaired) electrons. The second-order valence-corrected chi connectivity index (χ2v) is 5.22. The molecule has 5 heteroatoms. The molecule has 0 fully saturated rings. The number of rotatable bonds is 5. The number of hydrazine groups is 1. The molecule has 1 unspecified atom stereocenters. The topological polar surface area (TPSA) is 50.9 Å². The number of benzene rings is 1. The van der Waals surface area contributed by atoms with Gasteiger partial charge in [0.2, 0.25) is 0 Å². The Morgan fingerprint density at radius 2 is 1.95 bits per heavy atom. The molecule has 0 aliphatic heterocycles. The predicted octanol–water partition coefficient (Wildman–Crippen LogP) is 2.60. The molecule has 0 amide bonds. The summed E-state index contributed by atoms with van der Waals surface area (Å²) in [6.45, 7) is 0. The molecule has 3 nitrogen and oxygen atoms in total. The van der Waals surface area contributed by atoms with Crippen LogP contribution >= 0.6 is 15.9 Å². The average Bonchev–Trinajstić information content (AvgIpc) is 2.43. The predicted molar refractivity (Wildman–Crippen MR) is 76.9 cm³/mol. The number of nitrogens with zero attached hydrogens (tertiary/aromatic N) is 1. The number of pyridine rings is 1. The second kappa shape index (κ2) is 6.75. The van der Waals surface area contributed by atoms with Crippen molar-refractivity contribution in [3.63, 3.8) is 0 Å². The molecular weight excluding hydrogens is 309 g/mol. The maximum absolute atomic E-state index is 13.2. The lowest BCUT2D eigenvalue weighted by atomic mass is 10.00. The molecule has 0 spiro atoms. The standard InChI is InChI=1S/C14H15BrFN3/c15-14-2-1-12(16)8-11(14)9-13(19-17)7-10-3-5-18-6-4-10/h1-6,8,13,19H,7,9,17H2. The molecular formula is C14H15BrFN3. The van der Waals surface area contributed by atoms with Crippen LogP contribution in [0.5, 0.6) is 0 Å². The Bertz CT molecular complexity index is 533. The Kier molecular flexibility index (Phi) is 5.01. The van der Waals surface area contributed by atoms with Crippen molar-refractivity contribution in [3.8, 4) is 0 Å². The van der Waals surface area contributed by atoms with E-state index in [0.717, 1.165) is 22.0 Å². The van der Waals surface area contributed by atoms with Crippen molar-refractivity contribution < 1.29 is 4.39 Å². The van der Waals surface area contributed by atoms with Gasteiger partial charge in [-0.15, -0.1) is 0 Å². The molecule has 3 N–H and O–H groups in total. The lowest BCUT2D eigenvalue weighted by molar-refractivity contribution is 0.519. The minimum atomic E-state index is -0.238. The van der Waals surface area contributed by atoms with E-state index in [-0.39, 0.29) is 11.9 Å². The first kappa shape index (κ1) is 14.1. The Labute approximate surface area is 120 Å². The van der Waals surface area contributed by atoms with Crippen LogP contribution < -0.4 is 11.3 Å². The van der Waals surface area contributed by atoms with Crippen molar-refractivity contribution in [2.24, 2.45) is 5.84 Å². The maximum Gasteiger partial charge on any atom is 0.123 e. The SMILES string of the molecule is NNC(Cc1ccncc1)Cc1cc(F)ccc1Br. The van der Waals surface area contributed by atoms with Gasteiger partial charge in [0.1, 0.15) is 5.82 Å². The third-order valence-corrected chi connectivity index (χ3v) is 3.71. The third kappa shape index (κ3) is 4.09. The first-order valence-corrected chi connectivity index (χ1v) is 6.77. The number of hydrogen-bond donors (Lipinski definition) is 2. The van der Waals surface area contributed by atoms with Gasteiger partial charge in [-0.3, -0.25) is 16.3 Å². The summed E-state index contributed by atoms with van der Waals surface area (Å²) in [6, 6.07) is 8.61. The Morgan fingerprint density at radius 3 is 2.63 bits per heavy atom. The van der Waals surface area contributed by atoms with E-state index in [1.807, 2.05) is 12.1 Å². The summed E-state index contributed by atoms with van der Waals surface area (Å²) in [6.07, 6.45) is 4.92. The normalized spacial score (nSPS) is 12.4. The minimum absolute atomic E-state index is 0.0421. The average molecular weight is 324 g/mol. The highest BCUT2D eigenvalue weighted by Gasteiger charge is 2.11. The molecule has 1 aromatic carbocycles. The van der Waals surface area contributed by atoms with Gasteiger partial charge < -0.3 is 0 Å². The summed E-state index contributed by atoms with van der Waals surface area (Å²) >= 11 is 3.43. The zero-order valence-corrected chi connectivity index (χ0v) is 11.9. The van der Waals surface area contributed by atoms with Crippen LogP contribution in [0.2, 0.25) is 0 Å². The van der Waals surface area contributed by atoms with Crippen LogP contribution in [-0.4, -0.2) is 11.0 Å². The molecule has 19 heavy (non-hydrogen) atoms. The van der Waals surface area contributed by atoms with Crippen molar-refractivity contribution in [3.05, 3.63) is 64.1 Å². The monoisotopic (exact) mass is 323 g/mol. The number of hydrogen-bond acceptors (Lipinski definition) is 3. The zero-order valence-electron chi connectivity index (χ0n) is 10.3. The first-order chi connectivity index (χ1) is 9.19. The second-order valence-electron chi connectivity index (χ2n) is 4.36. The number of nitrogens with one attached hydrogen (secondary N) is 1. The van der Waals surface area contributed by atoms with Crippen LogP contribution in [0.25, 0.3) is 0 Å². The van der Waals surface area contributed by atoms with Crippen molar-refractivity contribution in [1.82, 2.24) is 10.4 Å². The fourth-order valence-corrected chi connectivity index (χ4v) is 2.37. The molecule has 0 aliphatic rings. The van der Waals surface area contributed by atoms with Crippen molar-refractivity contribution in [2.45, 2.75) is 18.9 Å². The van der Waals surface area contributed by atoms with E-state index in [1.165, 1.54) is 12.1 Å². The summed E-state index contributed by atoms with van der Waals surface area (Å²) in [5.41, 5.74) is 4.83. The van der Waals surface area contributed by atoms with Crippen LogP contribution in [0.3, 0.4) is 0 Å². The fraction of sp³-hybridized carbons (Fsp3) is 0.214. The largest absolute Gasteiger partial charge is 0.271 e. The molecule has 0 saturated carbocycles. The number of aromatic nitrogens is 1. The molecule has 1 heterocycles. The van der Waals surface area contributed by atoms with Crippen molar-refractivity contribution in [1.29, 1.82) is 0 Å². The van der Waals surface area contributed by atoms with E-state index in [2.05, 4.69) is 26.3 Å². The number of halogens is 2. The molecule has 1 atom stereocenters. The molecule has 0 saturated heterocycles. The lowest BCUT2D eigenvalue weighted by Crippen LogP contribution is -2.38. The van der Waals surface area contributed by atoms with Gasteiger partial charge in [-0.1, -0.05) is 15.9 Å². The highest BCUT2D eigenvalue weighted by Crippen LogP contribution is 2.20. The summed E-state index contributed by atoms with van der Waals surface area (Å²) in [4.78, 5) is 3.98. The highest BCUT2D eigenvalue weighted by molar-refractivity contribution is 9.10. The van der Waals surface area contributed by atoms with E-state index >= 15 is 0 Å². The zero-order chi connectivity index (χ0) is 13.7. The van der Waals surface area contributed by atoms with Gasteiger partial charge in [0.05, 0.1) is 0 Å². The van der Waals surface area contributed by atoms with Gasteiger partial charge in [0, 0.05) is 22.9 Å².